The highest BCUT2D eigenvalue weighted by atomic mass is 35.5. The number of hydrogen-bond donors (Lipinski definition) is 1. The van der Waals surface area contributed by atoms with Crippen molar-refractivity contribution in [3.63, 3.8) is 0 Å². The predicted molar refractivity (Wildman–Crippen MR) is 87.8 cm³/mol. The van der Waals surface area contributed by atoms with Gasteiger partial charge in [-0.3, -0.25) is 4.79 Å². The second-order valence-electron chi connectivity index (χ2n) is 4.66. The third-order valence-electron chi connectivity index (χ3n) is 2.93. The van der Waals surface area contributed by atoms with Gasteiger partial charge < -0.3 is 14.8 Å². The van der Waals surface area contributed by atoms with E-state index in [1.165, 1.54) is 0 Å². The lowest BCUT2D eigenvalue weighted by molar-refractivity contribution is -0.122. The summed E-state index contributed by atoms with van der Waals surface area (Å²) in [6, 6.07) is 14.1. The van der Waals surface area contributed by atoms with Crippen molar-refractivity contribution in [2.45, 2.75) is 20.0 Å². The summed E-state index contributed by atoms with van der Waals surface area (Å²) >= 11 is 5.81. The lowest BCUT2D eigenvalue weighted by Gasteiger charge is -2.15. The third kappa shape index (κ3) is 4.67. The van der Waals surface area contributed by atoms with Gasteiger partial charge in [0.1, 0.15) is 11.5 Å². The molecule has 116 valence electrons. The quantitative estimate of drug-likeness (QED) is 0.870. The van der Waals surface area contributed by atoms with Gasteiger partial charge in [-0.05, 0) is 62.4 Å². The minimum absolute atomic E-state index is 0.223. The Morgan fingerprint density at radius 2 is 1.68 bits per heavy atom. The molecule has 2 rings (SSSR count). The number of rotatable bonds is 6. The van der Waals surface area contributed by atoms with Crippen molar-refractivity contribution in [1.29, 1.82) is 0 Å². The van der Waals surface area contributed by atoms with Gasteiger partial charge in [0.2, 0.25) is 0 Å². The number of anilines is 1. The molecule has 5 heteroatoms. The van der Waals surface area contributed by atoms with Gasteiger partial charge in [0.05, 0.1) is 6.61 Å². The Bertz CT molecular complexity index is 611. The van der Waals surface area contributed by atoms with Gasteiger partial charge in [-0.1, -0.05) is 11.6 Å². The molecule has 0 bridgehead atoms. The maximum absolute atomic E-state index is 12.1. The van der Waals surface area contributed by atoms with Gasteiger partial charge in [-0.25, -0.2) is 0 Å². The molecular weight excluding hydrogens is 302 g/mol. The summed E-state index contributed by atoms with van der Waals surface area (Å²) in [5, 5.41) is 3.42. The molecule has 22 heavy (non-hydrogen) atoms. The molecule has 0 aromatic heterocycles. The fourth-order valence-electron chi connectivity index (χ4n) is 1.82. The maximum atomic E-state index is 12.1. The molecule has 0 saturated heterocycles. The molecular formula is C17H18ClNO3. The van der Waals surface area contributed by atoms with Crippen LogP contribution >= 0.6 is 11.6 Å². The summed E-state index contributed by atoms with van der Waals surface area (Å²) in [5.41, 5.74) is 0.694. The molecule has 4 nitrogen and oxygen atoms in total. The normalized spacial score (nSPS) is 11.6. The van der Waals surface area contributed by atoms with Gasteiger partial charge in [-0.15, -0.1) is 0 Å². The first-order valence-electron chi connectivity index (χ1n) is 7.04. The van der Waals surface area contributed by atoms with E-state index in [-0.39, 0.29) is 5.91 Å². The Balaban J connectivity index is 1.91. The van der Waals surface area contributed by atoms with Crippen LogP contribution in [0.3, 0.4) is 0 Å². The number of benzene rings is 2. The van der Waals surface area contributed by atoms with Crippen LogP contribution in [0.25, 0.3) is 0 Å². The van der Waals surface area contributed by atoms with E-state index in [9.17, 15) is 4.79 Å². The molecule has 0 spiro atoms. The van der Waals surface area contributed by atoms with E-state index >= 15 is 0 Å². The van der Waals surface area contributed by atoms with Gasteiger partial charge >= 0.3 is 0 Å². The van der Waals surface area contributed by atoms with Crippen LogP contribution in [0.15, 0.2) is 48.5 Å². The number of carbonyl (C=O) groups excluding carboxylic acids is 1. The minimum atomic E-state index is -0.618. The van der Waals surface area contributed by atoms with E-state index in [2.05, 4.69) is 5.32 Å². The second-order valence-corrected chi connectivity index (χ2v) is 5.10. The second kappa shape index (κ2) is 7.71. The predicted octanol–water partition coefficient (Wildman–Crippen LogP) is 4.14. The Kier molecular flexibility index (Phi) is 5.67. The first-order chi connectivity index (χ1) is 10.6. The van der Waals surface area contributed by atoms with E-state index in [0.29, 0.717) is 23.1 Å². The van der Waals surface area contributed by atoms with Crippen LogP contribution in [0.2, 0.25) is 5.02 Å². The lowest BCUT2D eigenvalue weighted by Crippen LogP contribution is -2.30. The van der Waals surface area contributed by atoms with Crippen molar-refractivity contribution < 1.29 is 14.3 Å². The van der Waals surface area contributed by atoms with E-state index in [0.717, 1.165) is 5.75 Å². The Morgan fingerprint density at radius 1 is 1.09 bits per heavy atom. The first-order valence-corrected chi connectivity index (χ1v) is 7.42. The van der Waals surface area contributed by atoms with Gasteiger partial charge in [-0.2, -0.15) is 0 Å². The molecule has 2 aromatic rings. The number of hydrogen-bond acceptors (Lipinski definition) is 3. The monoisotopic (exact) mass is 319 g/mol. The zero-order valence-electron chi connectivity index (χ0n) is 12.5. The van der Waals surface area contributed by atoms with E-state index < -0.39 is 6.10 Å². The van der Waals surface area contributed by atoms with Crippen molar-refractivity contribution in [3.05, 3.63) is 53.6 Å². The Hall–Kier alpha value is -2.20. The van der Waals surface area contributed by atoms with Crippen LogP contribution in [0.5, 0.6) is 11.5 Å². The topological polar surface area (TPSA) is 47.6 Å². The molecule has 1 amide bonds. The number of halogens is 1. The smallest absolute Gasteiger partial charge is 0.265 e. The summed E-state index contributed by atoms with van der Waals surface area (Å²) in [5.74, 6) is 1.14. The molecule has 0 saturated carbocycles. The van der Waals surface area contributed by atoms with E-state index in [1.54, 1.807) is 43.3 Å². The summed E-state index contributed by atoms with van der Waals surface area (Å²) in [6.07, 6.45) is -0.618. The minimum Gasteiger partial charge on any atom is -0.494 e. The van der Waals surface area contributed by atoms with Crippen LogP contribution < -0.4 is 14.8 Å². The van der Waals surface area contributed by atoms with E-state index in [4.69, 9.17) is 21.1 Å². The largest absolute Gasteiger partial charge is 0.494 e. The number of amides is 1. The van der Waals surface area contributed by atoms with Gasteiger partial charge in [0, 0.05) is 10.7 Å². The van der Waals surface area contributed by atoms with E-state index in [1.807, 2.05) is 19.1 Å². The van der Waals surface area contributed by atoms with Crippen LogP contribution in [0.1, 0.15) is 13.8 Å². The van der Waals surface area contributed by atoms with Crippen molar-refractivity contribution in [2.24, 2.45) is 0 Å². The zero-order chi connectivity index (χ0) is 15.9. The summed E-state index contributed by atoms with van der Waals surface area (Å²) < 4.78 is 10.9. The SMILES string of the molecule is CCOc1ccc(NC(=O)[C@@H](C)Oc2ccc(Cl)cc2)cc1. The molecule has 0 heterocycles. The average molecular weight is 320 g/mol. The highest BCUT2D eigenvalue weighted by molar-refractivity contribution is 6.30. The molecule has 2 aromatic carbocycles. The summed E-state index contributed by atoms with van der Waals surface area (Å²) in [7, 11) is 0. The molecule has 0 aliphatic heterocycles. The summed E-state index contributed by atoms with van der Waals surface area (Å²) in [4.78, 5) is 12.1. The van der Waals surface area contributed by atoms with Crippen molar-refractivity contribution in [1.82, 2.24) is 0 Å². The van der Waals surface area contributed by atoms with Crippen molar-refractivity contribution in [3.8, 4) is 11.5 Å². The lowest BCUT2D eigenvalue weighted by atomic mass is 10.2. The number of nitrogens with one attached hydrogen (secondary N) is 1. The highest BCUT2D eigenvalue weighted by Gasteiger charge is 2.14. The first kappa shape index (κ1) is 16.2. The van der Waals surface area contributed by atoms with Crippen molar-refractivity contribution >= 4 is 23.2 Å². The molecule has 0 aliphatic rings. The molecule has 0 radical (unpaired) electrons. The molecule has 1 N–H and O–H groups in total. The van der Waals surface area contributed by atoms with Crippen LogP contribution in [-0.4, -0.2) is 18.6 Å². The van der Waals surface area contributed by atoms with Gasteiger partial charge in [0.15, 0.2) is 6.10 Å². The standard InChI is InChI=1S/C17H18ClNO3/c1-3-21-15-10-6-14(7-11-15)19-17(20)12(2)22-16-8-4-13(18)5-9-16/h4-12H,3H2,1-2H3,(H,19,20)/t12-/m1/s1. The maximum Gasteiger partial charge on any atom is 0.265 e. The molecule has 1 atom stereocenters. The van der Waals surface area contributed by atoms with Crippen molar-refractivity contribution in [2.75, 3.05) is 11.9 Å². The molecule has 0 fully saturated rings. The fourth-order valence-corrected chi connectivity index (χ4v) is 1.94. The summed E-state index contributed by atoms with van der Waals surface area (Å²) in [6.45, 7) is 4.22. The Labute approximate surface area is 135 Å². The van der Waals surface area contributed by atoms with Crippen LogP contribution in [0.4, 0.5) is 5.69 Å². The number of carbonyl (C=O) groups is 1. The third-order valence-corrected chi connectivity index (χ3v) is 3.18. The van der Waals surface area contributed by atoms with Gasteiger partial charge in [0.25, 0.3) is 5.91 Å². The number of ether oxygens (including phenoxy) is 2. The van der Waals surface area contributed by atoms with Crippen LogP contribution in [0, 0.1) is 0 Å². The fraction of sp³-hybridized carbons (Fsp3) is 0.235. The average Bonchev–Trinajstić information content (AvgIpc) is 2.51. The van der Waals surface area contributed by atoms with Crippen LogP contribution in [-0.2, 0) is 4.79 Å². The Morgan fingerprint density at radius 3 is 2.27 bits per heavy atom. The molecule has 0 unspecified atom stereocenters. The zero-order valence-corrected chi connectivity index (χ0v) is 13.3. The molecule has 0 aliphatic carbocycles. The highest BCUT2D eigenvalue weighted by Crippen LogP contribution is 2.18.